The van der Waals surface area contributed by atoms with Crippen molar-refractivity contribution < 1.29 is 17.7 Å². The second-order valence-corrected chi connectivity index (χ2v) is 8.92. The Labute approximate surface area is 129 Å². The van der Waals surface area contributed by atoms with E-state index in [4.69, 9.17) is 4.52 Å². The number of thioether (sulfide) groups is 1. The normalized spacial score (nSPS) is 22.1. The summed E-state index contributed by atoms with van der Waals surface area (Å²) < 4.78 is 27.8. The summed E-state index contributed by atoms with van der Waals surface area (Å²) in [5, 5.41) is 6.45. The van der Waals surface area contributed by atoms with Crippen LogP contribution in [0.25, 0.3) is 0 Å². The van der Waals surface area contributed by atoms with Crippen molar-refractivity contribution in [1.82, 2.24) is 10.5 Å². The molecule has 6 nitrogen and oxygen atoms in total. The Morgan fingerprint density at radius 3 is 2.76 bits per heavy atom. The van der Waals surface area contributed by atoms with Gasteiger partial charge >= 0.3 is 0 Å². The first kappa shape index (κ1) is 16.4. The zero-order valence-electron chi connectivity index (χ0n) is 12.4. The fraction of sp³-hybridized carbons (Fsp3) is 0.692. The highest BCUT2D eigenvalue weighted by molar-refractivity contribution is 7.99. The molecule has 1 aromatic rings. The average Bonchev–Trinajstić information content (AvgIpc) is 2.90. The van der Waals surface area contributed by atoms with Gasteiger partial charge in [-0.1, -0.05) is 5.16 Å². The van der Waals surface area contributed by atoms with Gasteiger partial charge in [0.2, 0.25) is 5.91 Å². The van der Waals surface area contributed by atoms with Gasteiger partial charge in [-0.25, -0.2) is 8.42 Å². The van der Waals surface area contributed by atoms with Gasteiger partial charge in [0.25, 0.3) is 0 Å². The molecule has 0 saturated carbocycles. The number of hydrogen-bond donors (Lipinski definition) is 1. The van der Waals surface area contributed by atoms with Gasteiger partial charge in [-0.2, -0.15) is 0 Å². The van der Waals surface area contributed by atoms with Crippen molar-refractivity contribution in [3.63, 3.8) is 0 Å². The van der Waals surface area contributed by atoms with Gasteiger partial charge < -0.3 is 9.84 Å². The Morgan fingerprint density at radius 2 is 2.24 bits per heavy atom. The Hall–Kier alpha value is -1.02. The molecule has 0 spiro atoms. The lowest BCUT2D eigenvalue weighted by molar-refractivity contribution is -0.120. The third-order valence-electron chi connectivity index (χ3n) is 3.61. The predicted molar refractivity (Wildman–Crippen MR) is 81.9 cm³/mol. The standard InChI is InChI=1S/C13H20N2O4S2/c1-8-12(9(2)19-15-8)6-20-10(3)13(16)14-11-4-5-21(17,18)7-11/h10-11H,4-7H2,1-3H3,(H,14,16). The van der Waals surface area contributed by atoms with E-state index in [0.717, 1.165) is 17.0 Å². The number of sulfone groups is 1. The molecule has 1 N–H and O–H groups in total. The molecular weight excluding hydrogens is 312 g/mol. The van der Waals surface area contributed by atoms with Crippen LogP contribution >= 0.6 is 11.8 Å². The van der Waals surface area contributed by atoms with Crippen LogP contribution < -0.4 is 5.32 Å². The maximum absolute atomic E-state index is 12.1. The van der Waals surface area contributed by atoms with Crippen molar-refractivity contribution in [2.75, 3.05) is 11.5 Å². The van der Waals surface area contributed by atoms with Crippen LogP contribution in [0.5, 0.6) is 0 Å². The number of amides is 1. The molecule has 0 bridgehead atoms. The molecule has 1 saturated heterocycles. The molecule has 2 rings (SSSR count). The summed E-state index contributed by atoms with van der Waals surface area (Å²) in [5.41, 5.74) is 1.86. The van der Waals surface area contributed by atoms with Crippen molar-refractivity contribution in [3.8, 4) is 0 Å². The molecular formula is C13H20N2O4S2. The van der Waals surface area contributed by atoms with Crippen LogP contribution in [0.3, 0.4) is 0 Å². The lowest BCUT2D eigenvalue weighted by atomic mass is 10.2. The van der Waals surface area contributed by atoms with Crippen molar-refractivity contribution in [3.05, 3.63) is 17.0 Å². The summed E-state index contributed by atoms with van der Waals surface area (Å²) >= 11 is 1.49. The van der Waals surface area contributed by atoms with E-state index >= 15 is 0 Å². The molecule has 0 aliphatic carbocycles. The zero-order chi connectivity index (χ0) is 15.6. The minimum Gasteiger partial charge on any atom is -0.361 e. The average molecular weight is 332 g/mol. The molecule has 1 amide bonds. The van der Waals surface area contributed by atoms with Crippen LogP contribution in [-0.2, 0) is 20.4 Å². The van der Waals surface area contributed by atoms with Gasteiger partial charge in [0.15, 0.2) is 9.84 Å². The highest BCUT2D eigenvalue weighted by Crippen LogP contribution is 2.23. The second-order valence-electron chi connectivity index (χ2n) is 5.36. The number of carbonyl (C=O) groups excluding carboxylic acids is 1. The lowest BCUT2D eigenvalue weighted by Crippen LogP contribution is -2.40. The van der Waals surface area contributed by atoms with Crippen LogP contribution in [0.2, 0.25) is 0 Å². The van der Waals surface area contributed by atoms with Gasteiger partial charge in [0.1, 0.15) is 5.76 Å². The van der Waals surface area contributed by atoms with Gasteiger partial charge in [-0.3, -0.25) is 4.79 Å². The van der Waals surface area contributed by atoms with Crippen LogP contribution in [0.4, 0.5) is 0 Å². The lowest BCUT2D eigenvalue weighted by Gasteiger charge is -2.15. The number of rotatable bonds is 5. The minimum absolute atomic E-state index is 0.0555. The molecule has 0 radical (unpaired) electrons. The van der Waals surface area contributed by atoms with Crippen molar-refractivity contribution in [2.24, 2.45) is 0 Å². The van der Waals surface area contributed by atoms with E-state index < -0.39 is 9.84 Å². The Kier molecular flexibility index (Phi) is 4.98. The van der Waals surface area contributed by atoms with E-state index in [2.05, 4.69) is 10.5 Å². The van der Waals surface area contributed by atoms with Gasteiger partial charge in [0, 0.05) is 17.4 Å². The number of nitrogens with one attached hydrogen (secondary N) is 1. The SMILES string of the molecule is Cc1noc(C)c1CSC(C)C(=O)NC1CCS(=O)(=O)C1. The Morgan fingerprint density at radius 1 is 1.52 bits per heavy atom. The van der Waals surface area contributed by atoms with E-state index in [1.165, 1.54) is 11.8 Å². The van der Waals surface area contributed by atoms with E-state index in [9.17, 15) is 13.2 Å². The van der Waals surface area contributed by atoms with Gasteiger partial charge in [-0.15, -0.1) is 11.8 Å². The third-order valence-corrected chi connectivity index (χ3v) is 6.54. The van der Waals surface area contributed by atoms with Crippen LogP contribution in [0.15, 0.2) is 4.52 Å². The fourth-order valence-corrected chi connectivity index (χ4v) is 4.94. The molecule has 2 unspecified atom stereocenters. The molecule has 2 atom stereocenters. The quantitative estimate of drug-likeness (QED) is 0.872. The smallest absolute Gasteiger partial charge is 0.233 e. The maximum Gasteiger partial charge on any atom is 0.233 e. The van der Waals surface area contributed by atoms with Crippen LogP contribution in [-0.4, -0.2) is 42.3 Å². The number of aryl methyl sites for hydroxylation is 2. The fourth-order valence-electron chi connectivity index (χ4n) is 2.22. The Balaban J connectivity index is 1.83. The maximum atomic E-state index is 12.1. The summed E-state index contributed by atoms with van der Waals surface area (Å²) in [5.74, 6) is 1.53. The number of aromatic nitrogens is 1. The van der Waals surface area contributed by atoms with Crippen molar-refractivity contribution in [2.45, 2.75) is 44.2 Å². The minimum atomic E-state index is -2.97. The first-order valence-corrected chi connectivity index (χ1v) is 9.69. The molecule has 118 valence electrons. The largest absolute Gasteiger partial charge is 0.361 e. The zero-order valence-corrected chi connectivity index (χ0v) is 14.0. The van der Waals surface area contributed by atoms with Crippen molar-refractivity contribution in [1.29, 1.82) is 0 Å². The van der Waals surface area contributed by atoms with Crippen LogP contribution in [0, 0.1) is 13.8 Å². The monoisotopic (exact) mass is 332 g/mol. The summed E-state index contributed by atoms with van der Waals surface area (Å²) in [4.78, 5) is 12.1. The topological polar surface area (TPSA) is 89.3 Å². The summed E-state index contributed by atoms with van der Waals surface area (Å²) in [6, 6.07) is -0.246. The molecule has 21 heavy (non-hydrogen) atoms. The van der Waals surface area contributed by atoms with E-state index in [1.54, 1.807) is 0 Å². The summed E-state index contributed by atoms with van der Waals surface area (Å²) in [6.45, 7) is 5.55. The molecule has 1 aliphatic heterocycles. The predicted octanol–water partition coefficient (Wildman–Crippen LogP) is 1.22. The Bertz CT molecular complexity index is 605. The summed E-state index contributed by atoms with van der Waals surface area (Å²) in [7, 11) is -2.97. The van der Waals surface area contributed by atoms with E-state index in [1.807, 2.05) is 20.8 Å². The van der Waals surface area contributed by atoms with Gasteiger partial charge in [0.05, 0.1) is 22.4 Å². The molecule has 2 heterocycles. The highest BCUT2D eigenvalue weighted by Gasteiger charge is 2.30. The van der Waals surface area contributed by atoms with Gasteiger partial charge in [-0.05, 0) is 27.2 Å². The molecule has 0 aromatic carbocycles. The second kappa shape index (κ2) is 6.39. The first-order valence-electron chi connectivity index (χ1n) is 6.82. The number of hydrogen-bond acceptors (Lipinski definition) is 6. The molecule has 1 aromatic heterocycles. The van der Waals surface area contributed by atoms with E-state index in [-0.39, 0.29) is 28.7 Å². The number of carbonyl (C=O) groups is 1. The third kappa shape index (κ3) is 4.23. The van der Waals surface area contributed by atoms with E-state index in [0.29, 0.717) is 12.2 Å². The highest BCUT2D eigenvalue weighted by atomic mass is 32.2. The molecule has 1 aliphatic rings. The van der Waals surface area contributed by atoms with Crippen LogP contribution in [0.1, 0.15) is 30.4 Å². The number of nitrogens with zero attached hydrogens (tertiary/aromatic N) is 1. The molecule has 1 fully saturated rings. The summed E-state index contributed by atoms with van der Waals surface area (Å²) in [6.07, 6.45) is 0.509. The molecule has 8 heteroatoms. The first-order chi connectivity index (χ1) is 9.78. The van der Waals surface area contributed by atoms with Crippen molar-refractivity contribution >= 4 is 27.5 Å².